The molecule has 0 bridgehead atoms. The highest BCUT2D eigenvalue weighted by Gasteiger charge is 2.28. The van der Waals surface area contributed by atoms with Crippen LogP contribution in [0.25, 0.3) is 0 Å². The Balaban J connectivity index is 2.15. The molecule has 1 saturated heterocycles. The van der Waals surface area contributed by atoms with Crippen LogP contribution in [0.5, 0.6) is 0 Å². The summed E-state index contributed by atoms with van der Waals surface area (Å²) in [5.74, 6) is 0.857. The molecule has 0 spiro atoms. The summed E-state index contributed by atoms with van der Waals surface area (Å²) in [7, 11) is -2.96. The molecule has 1 aliphatic rings. The fraction of sp³-hybridized carbons (Fsp3) is 0.667. The van der Waals surface area contributed by atoms with Crippen LogP contribution >= 0.6 is 0 Å². The largest absolute Gasteiger partial charge is 0.362 e. The van der Waals surface area contributed by atoms with Gasteiger partial charge in [-0.15, -0.1) is 0 Å². The van der Waals surface area contributed by atoms with E-state index in [4.69, 9.17) is 0 Å². The van der Waals surface area contributed by atoms with Gasteiger partial charge in [-0.05, 0) is 12.3 Å². The van der Waals surface area contributed by atoms with Gasteiger partial charge in [0.25, 0.3) is 5.56 Å². The number of anilines is 1. The normalized spacial score (nSPS) is 21.7. The van der Waals surface area contributed by atoms with Crippen LogP contribution in [0, 0.1) is 5.92 Å². The molecule has 1 atom stereocenters. The molecular weight excluding hydrogens is 266 g/mol. The molecule has 1 fully saturated rings. The second kappa shape index (κ2) is 5.32. The second-order valence-electron chi connectivity index (χ2n) is 5.37. The Bertz CT molecular complexity index is 607. The Hall–Kier alpha value is -1.37. The van der Waals surface area contributed by atoms with Crippen LogP contribution in [0.3, 0.4) is 0 Å². The third kappa shape index (κ3) is 3.56. The molecule has 7 heteroatoms. The molecule has 0 radical (unpaired) electrons. The van der Waals surface area contributed by atoms with E-state index in [2.05, 4.69) is 10.3 Å². The molecule has 6 nitrogen and oxygen atoms in total. The summed E-state index contributed by atoms with van der Waals surface area (Å²) in [5, 5.41) is 2.95. The Morgan fingerprint density at radius 2 is 2.26 bits per heavy atom. The van der Waals surface area contributed by atoms with Crippen molar-refractivity contribution in [1.29, 1.82) is 0 Å². The average molecular weight is 285 g/mol. The molecular formula is C12H19N3O3S. The van der Waals surface area contributed by atoms with Gasteiger partial charge in [0.2, 0.25) is 0 Å². The summed E-state index contributed by atoms with van der Waals surface area (Å²) in [6.07, 6.45) is 3.75. The highest BCUT2D eigenvalue weighted by molar-refractivity contribution is 7.91. The van der Waals surface area contributed by atoms with E-state index < -0.39 is 9.84 Å². The van der Waals surface area contributed by atoms with Crippen LogP contribution in [0.2, 0.25) is 0 Å². The van der Waals surface area contributed by atoms with Gasteiger partial charge in [-0.25, -0.2) is 13.4 Å². The van der Waals surface area contributed by atoms with Gasteiger partial charge in [-0.3, -0.25) is 4.79 Å². The first-order valence-electron chi connectivity index (χ1n) is 6.40. The van der Waals surface area contributed by atoms with Crippen molar-refractivity contribution < 1.29 is 8.42 Å². The van der Waals surface area contributed by atoms with Crippen molar-refractivity contribution in [1.82, 2.24) is 9.55 Å². The fourth-order valence-corrected chi connectivity index (χ4v) is 3.86. The van der Waals surface area contributed by atoms with E-state index in [1.165, 1.54) is 0 Å². The van der Waals surface area contributed by atoms with E-state index in [0.29, 0.717) is 18.9 Å². The maximum absolute atomic E-state index is 12.1. The molecule has 1 aromatic heterocycles. The van der Waals surface area contributed by atoms with Crippen molar-refractivity contribution in [2.75, 3.05) is 16.8 Å². The molecule has 0 aromatic carbocycles. The highest BCUT2D eigenvalue weighted by Crippen LogP contribution is 2.14. The Morgan fingerprint density at radius 3 is 2.84 bits per heavy atom. The Kier molecular flexibility index (Phi) is 3.93. The monoisotopic (exact) mass is 285 g/mol. The van der Waals surface area contributed by atoms with Gasteiger partial charge in [-0.1, -0.05) is 13.8 Å². The fourth-order valence-electron chi connectivity index (χ4n) is 2.19. The molecule has 2 heterocycles. The van der Waals surface area contributed by atoms with Crippen LogP contribution in [0.1, 0.15) is 20.3 Å². The third-order valence-corrected chi connectivity index (χ3v) is 4.82. The molecule has 0 amide bonds. The zero-order valence-corrected chi connectivity index (χ0v) is 12.0. The maximum Gasteiger partial charge on any atom is 0.293 e. The van der Waals surface area contributed by atoms with Crippen molar-refractivity contribution in [2.24, 2.45) is 5.92 Å². The highest BCUT2D eigenvalue weighted by atomic mass is 32.2. The summed E-state index contributed by atoms with van der Waals surface area (Å²) >= 11 is 0. The lowest BCUT2D eigenvalue weighted by Crippen LogP contribution is -2.30. The molecule has 1 N–H and O–H groups in total. The van der Waals surface area contributed by atoms with Gasteiger partial charge in [0.1, 0.15) is 0 Å². The molecule has 1 unspecified atom stereocenters. The van der Waals surface area contributed by atoms with Gasteiger partial charge in [0, 0.05) is 25.0 Å². The molecule has 0 saturated carbocycles. The molecule has 0 aliphatic carbocycles. The number of aromatic nitrogens is 2. The van der Waals surface area contributed by atoms with Gasteiger partial charge in [0.15, 0.2) is 15.7 Å². The average Bonchev–Trinajstić information content (AvgIpc) is 2.63. The van der Waals surface area contributed by atoms with Crippen molar-refractivity contribution >= 4 is 15.7 Å². The van der Waals surface area contributed by atoms with Gasteiger partial charge >= 0.3 is 0 Å². The first kappa shape index (κ1) is 14.0. The molecule has 106 valence electrons. The van der Waals surface area contributed by atoms with E-state index in [1.807, 2.05) is 13.8 Å². The Morgan fingerprint density at radius 1 is 1.53 bits per heavy atom. The number of sulfone groups is 1. The number of nitrogens with zero attached hydrogens (tertiary/aromatic N) is 2. The zero-order valence-electron chi connectivity index (χ0n) is 11.2. The first-order chi connectivity index (χ1) is 8.87. The quantitative estimate of drug-likeness (QED) is 0.871. The minimum atomic E-state index is -2.96. The van der Waals surface area contributed by atoms with Crippen LogP contribution in [-0.2, 0) is 16.4 Å². The minimum absolute atomic E-state index is 0.0766. The van der Waals surface area contributed by atoms with Crippen LogP contribution < -0.4 is 10.9 Å². The second-order valence-corrected chi connectivity index (χ2v) is 7.60. The number of nitrogens with one attached hydrogen (secondary N) is 1. The van der Waals surface area contributed by atoms with E-state index in [1.54, 1.807) is 17.0 Å². The number of hydrogen-bond donors (Lipinski definition) is 1. The zero-order chi connectivity index (χ0) is 14.0. The first-order valence-corrected chi connectivity index (χ1v) is 8.22. The summed E-state index contributed by atoms with van der Waals surface area (Å²) in [6.45, 7) is 4.69. The van der Waals surface area contributed by atoms with Crippen LogP contribution in [0.15, 0.2) is 17.2 Å². The van der Waals surface area contributed by atoms with Crippen molar-refractivity contribution in [2.45, 2.75) is 32.9 Å². The topological polar surface area (TPSA) is 81.1 Å². The minimum Gasteiger partial charge on any atom is -0.362 e. The van der Waals surface area contributed by atoms with E-state index >= 15 is 0 Å². The summed E-state index contributed by atoms with van der Waals surface area (Å²) in [6, 6.07) is -0.208. The van der Waals surface area contributed by atoms with Gasteiger partial charge in [0.05, 0.1) is 11.5 Å². The molecule has 2 rings (SSSR count). The van der Waals surface area contributed by atoms with Crippen LogP contribution in [-0.4, -0.2) is 35.5 Å². The number of rotatable bonds is 4. The maximum atomic E-state index is 12.1. The smallest absolute Gasteiger partial charge is 0.293 e. The summed E-state index contributed by atoms with van der Waals surface area (Å²) < 4.78 is 24.4. The lowest BCUT2D eigenvalue weighted by atomic mass is 10.2. The van der Waals surface area contributed by atoms with E-state index in [0.717, 1.165) is 0 Å². The summed E-state index contributed by atoms with van der Waals surface area (Å²) in [5.41, 5.74) is -0.194. The molecule has 19 heavy (non-hydrogen) atoms. The Labute approximate surface area is 112 Å². The van der Waals surface area contributed by atoms with E-state index in [-0.39, 0.29) is 28.9 Å². The number of hydrogen-bond acceptors (Lipinski definition) is 5. The van der Waals surface area contributed by atoms with Crippen molar-refractivity contribution in [3.8, 4) is 0 Å². The van der Waals surface area contributed by atoms with Crippen LogP contribution in [0.4, 0.5) is 5.82 Å². The SMILES string of the molecule is CC(C)Cn1ccnc(NC2CCS(=O)(=O)C2)c1=O. The van der Waals surface area contributed by atoms with Crippen molar-refractivity contribution in [3.63, 3.8) is 0 Å². The predicted molar refractivity (Wildman–Crippen MR) is 74.0 cm³/mol. The van der Waals surface area contributed by atoms with Crippen molar-refractivity contribution in [3.05, 3.63) is 22.7 Å². The standard InChI is InChI=1S/C12H19N3O3S/c1-9(2)7-15-5-4-13-11(12(15)16)14-10-3-6-19(17,18)8-10/h4-5,9-10H,3,6-8H2,1-2H3,(H,13,14). The van der Waals surface area contributed by atoms with E-state index in [9.17, 15) is 13.2 Å². The molecule has 1 aromatic rings. The predicted octanol–water partition coefficient (Wildman–Crippen LogP) is 0.498. The lowest BCUT2D eigenvalue weighted by Gasteiger charge is -2.13. The molecule has 1 aliphatic heterocycles. The third-order valence-electron chi connectivity index (χ3n) is 3.05. The lowest BCUT2D eigenvalue weighted by molar-refractivity contribution is 0.509. The van der Waals surface area contributed by atoms with Gasteiger partial charge < -0.3 is 9.88 Å². The summed E-state index contributed by atoms with van der Waals surface area (Å²) in [4.78, 5) is 16.2. The van der Waals surface area contributed by atoms with Gasteiger partial charge in [-0.2, -0.15) is 0 Å².